The molecule has 0 aliphatic rings. The van der Waals surface area contributed by atoms with Crippen molar-refractivity contribution in [3.05, 3.63) is 84.3 Å². The van der Waals surface area contributed by atoms with E-state index < -0.39 is 34.6 Å². The number of halogens is 4. The first kappa shape index (κ1) is 25.6. The van der Waals surface area contributed by atoms with Gasteiger partial charge < -0.3 is 14.8 Å². The zero-order chi connectivity index (χ0) is 27.8. The van der Waals surface area contributed by atoms with Crippen LogP contribution in [-0.4, -0.2) is 39.4 Å². The van der Waals surface area contributed by atoms with Crippen molar-refractivity contribution in [1.82, 2.24) is 19.4 Å². The van der Waals surface area contributed by atoms with Crippen molar-refractivity contribution in [2.75, 3.05) is 19.5 Å². The number of ether oxygens (including phenoxy) is 2. The number of fused-ring (bicyclic) bond motifs is 3. The molecule has 8 nitrogen and oxygen atoms in total. The van der Waals surface area contributed by atoms with Crippen LogP contribution in [0.2, 0.25) is 0 Å². The van der Waals surface area contributed by atoms with Gasteiger partial charge in [-0.05, 0) is 23.8 Å². The number of carbonyl (C=O) groups is 1. The van der Waals surface area contributed by atoms with Crippen LogP contribution in [0.4, 0.5) is 29.2 Å². The number of ketones is 1. The summed E-state index contributed by atoms with van der Waals surface area (Å²) in [5.41, 5.74) is 0.397. The predicted molar refractivity (Wildman–Crippen MR) is 135 cm³/mol. The van der Waals surface area contributed by atoms with Gasteiger partial charge in [0.1, 0.15) is 5.65 Å². The average Bonchev–Trinajstić information content (AvgIpc) is 3.42. The first-order valence-corrected chi connectivity index (χ1v) is 11.4. The number of carbonyl (C=O) groups excluding carboxylic acids is 1. The van der Waals surface area contributed by atoms with Crippen molar-refractivity contribution in [3.63, 3.8) is 0 Å². The number of hydrogen-bond acceptors (Lipinski definition) is 7. The summed E-state index contributed by atoms with van der Waals surface area (Å²) >= 11 is 0. The van der Waals surface area contributed by atoms with Crippen LogP contribution in [0, 0.1) is 23.3 Å². The average molecular weight is 537 g/mol. The zero-order valence-corrected chi connectivity index (χ0v) is 20.6. The lowest BCUT2D eigenvalue weighted by molar-refractivity contribution is -0.114. The van der Waals surface area contributed by atoms with E-state index in [1.54, 1.807) is 0 Å². The van der Waals surface area contributed by atoms with E-state index in [0.29, 0.717) is 11.0 Å². The monoisotopic (exact) mass is 537 g/mol. The van der Waals surface area contributed by atoms with E-state index >= 15 is 8.78 Å². The van der Waals surface area contributed by atoms with Gasteiger partial charge in [0, 0.05) is 53.8 Å². The summed E-state index contributed by atoms with van der Waals surface area (Å²) in [5, 5.41) is 3.19. The molecule has 3 heterocycles. The van der Waals surface area contributed by atoms with Crippen molar-refractivity contribution in [3.8, 4) is 22.6 Å². The molecule has 2 aromatic carbocycles. The number of aromatic nitrogens is 4. The number of benzene rings is 2. The molecular formula is C27H19F4N5O3. The topological polar surface area (TPSA) is 90.6 Å². The van der Waals surface area contributed by atoms with E-state index in [0.717, 1.165) is 24.3 Å². The van der Waals surface area contributed by atoms with Crippen LogP contribution in [-0.2, 0) is 11.2 Å². The fraction of sp³-hybridized carbons (Fsp3) is 0.111. The minimum atomic E-state index is -1.13. The van der Waals surface area contributed by atoms with Crippen LogP contribution < -0.4 is 14.8 Å². The third-order valence-corrected chi connectivity index (χ3v) is 6.03. The molecule has 0 atom stereocenters. The maximum Gasteiger partial charge on any atom is 0.229 e. The molecule has 0 unspecified atom stereocenters. The number of nitrogens with one attached hydrogen (secondary N) is 1. The van der Waals surface area contributed by atoms with Gasteiger partial charge in [-0.3, -0.25) is 9.20 Å². The summed E-state index contributed by atoms with van der Waals surface area (Å²) < 4.78 is 70.1. The lowest BCUT2D eigenvalue weighted by atomic mass is 10.0. The second kappa shape index (κ2) is 10.0. The number of anilines is 2. The highest BCUT2D eigenvalue weighted by Crippen LogP contribution is 2.40. The van der Waals surface area contributed by atoms with Gasteiger partial charge in [0.2, 0.25) is 5.95 Å². The molecule has 5 rings (SSSR count). The van der Waals surface area contributed by atoms with Crippen LogP contribution in [0.25, 0.3) is 27.8 Å². The Bertz CT molecular complexity index is 1760. The van der Waals surface area contributed by atoms with Crippen molar-refractivity contribution in [2.45, 2.75) is 6.42 Å². The van der Waals surface area contributed by atoms with Gasteiger partial charge in [-0.1, -0.05) is 6.58 Å². The lowest BCUT2D eigenvalue weighted by Crippen LogP contribution is -2.07. The van der Waals surface area contributed by atoms with Crippen molar-refractivity contribution >= 4 is 34.1 Å². The molecule has 0 spiro atoms. The Balaban J connectivity index is 1.65. The standard InChI is InChI=1S/C27H19F4N5O3/c1-4-15(37)7-13-9-17(28)18(29)10-19(13)34-27-33-12-14-8-16(26-32-5-6-36(26)25(14)35-27)22-23(30)20(38-2)11-21(39-3)24(22)31/h4-6,8-12H,1,7H2,2-3H3,(H,33,34,35). The van der Waals surface area contributed by atoms with Gasteiger partial charge in [0.15, 0.2) is 46.2 Å². The molecule has 1 N–H and O–H groups in total. The molecule has 198 valence electrons. The first-order chi connectivity index (χ1) is 18.7. The fourth-order valence-corrected chi connectivity index (χ4v) is 4.17. The minimum absolute atomic E-state index is 0.0102. The molecule has 0 aliphatic heterocycles. The Morgan fingerprint density at radius 1 is 1.00 bits per heavy atom. The summed E-state index contributed by atoms with van der Waals surface area (Å²) in [6, 6.07) is 4.37. The fourth-order valence-electron chi connectivity index (χ4n) is 4.17. The van der Waals surface area contributed by atoms with E-state index in [4.69, 9.17) is 9.47 Å². The minimum Gasteiger partial charge on any atom is -0.494 e. The van der Waals surface area contributed by atoms with Crippen LogP contribution in [0.5, 0.6) is 11.5 Å². The quantitative estimate of drug-likeness (QED) is 0.205. The number of hydrogen-bond donors (Lipinski definition) is 1. The van der Waals surface area contributed by atoms with Gasteiger partial charge in [0.25, 0.3) is 0 Å². The van der Waals surface area contributed by atoms with E-state index in [1.807, 2.05) is 0 Å². The van der Waals surface area contributed by atoms with Crippen molar-refractivity contribution < 1.29 is 31.8 Å². The first-order valence-electron chi connectivity index (χ1n) is 11.4. The number of rotatable bonds is 8. The maximum atomic E-state index is 15.3. The van der Waals surface area contributed by atoms with E-state index in [-0.39, 0.29) is 46.3 Å². The molecule has 39 heavy (non-hydrogen) atoms. The summed E-state index contributed by atoms with van der Waals surface area (Å²) in [7, 11) is 2.50. The molecule has 0 fully saturated rings. The van der Waals surface area contributed by atoms with E-state index in [2.05, 4.69) is 26.8 Å². The van der Waals surface area contributed by atoms with Crippen molar-refractivity contribution in [2.24, 2.45) is 0 Å². The number of pyridine rings is 1. The van der Waals surface area contributed by atoms with Crippen LogP contribution in [0.1, 0.15) is 5.56 Å². The third-order valence-electron chi connectivity index (χ3n) is 6.03. The smallest absolute Gasteiger partial charge is 0.229 e. The summed E-state index contributed by atoms with van der Waals surface area (Å²) in [4.78, 5) is 24.8. The molecule has 0 radical (unpaired) electrons. The predicted octanol–water partition coefficient (Wildman–Crippen LogP) is 5.56. The molecule has 5 aromatic rings. The molecule has 12 heteroatoms. The molecule has 0 aliphatic carbocycles. The van der Waals surface area contributed by atoms with Gasteiger partial charge in [-0.15, -0.1) is 0 Å². The highest BCUT2D eigenvalue weighted by Gasteiger charge is 2.25. The molecule has 3 aromatic heterocycles. The van der Waals surface area contributed by atoms with Crippen LogP contribution in [0.15, 0.2) is 55.5 Å². The molecule has 0 bridgehead atoms. The maximum absolute atomic E-state index is 15.3. The number of imidazole rings is 1. The Morgan fingerprint density at radius 3 is 2.36 bits per heavy atom. The van der Waals surface area contributed by atoms with Gasteiger partial charge >= 0.3 is 0 Å². The Hall–Kier alpha value is -5.00. The molecule has 0 amide bonds. The third kappa shape index (κ3) is 4.49. The summed E-state index contributed by atoms with van der Waals surface area (Å²) in [6.07, 6.45) is 5.20. The summed E-state index contributed by atoms with van der Waals surface area (Å²) in [5.74, 6) is -4.99. The van der Waals surface area contributed by atoms with Gasteiger partial charge in [-0.25, -0.2) is 27.5 Å². The molecule has 0 saturated carbocycles. The van der Waals surface area contributed by atoms with Gasteiger partial charge in [-0.2, -0.15) is 4.98 Å². The number of methoxy groups -OCH3 is 2. The lowest BCUT2D eigenvalue weighted by Gasteiger charge is -2.15. The summed E-state index contributed by atoms with van der Waals surface area (Å²) in [6.45, 7) is 3.40. The molecular weight excluding hydrogens is 518 g/mol. The molecule has 0 saturated heterocycles. The van der Waals surface area contributed by atoms with Crippen LogP contribution >= 0.6 is 0 Å². The Kier molecular flexibility index (Phi) is 6.60. The largest absolute Gasteiger partial charge is 0.494 e. The van der Waals surface area contributed by atoms with Crippen LogP contribution in [0.3, 0.4) is 0 Å². The Labute approximate surface area is 218 Å². The SMILES string of the molecule is C=CC(=O)Cc1cc(F)c(F)cc1Nc1ncc2cc(-c3c(F)c(OC)cc(OC)c3F)c3nccn3c2n1. The Morgan fingerprint density at radius 2 is 1.69 bits per heavy atom. The van der Waals surface area contributed by atoms with E-state index in [9.17, 15) is 13.6 Å². The second-order valence-corrected chi connectivity index (χ2v) is 8.33. The van der Waals surface area contributed by atoms with Crippen molar-refractivity contribution in [1.29, 1.82) is 0 Å². The van der Waals surface area contributed by atoms with Gasteiger partial charge in [0.05, 0.1) is 19.8 Å². The highest BCUT2D eigenvalue weighted by molar-refractivity contribution is 5.93. The normalized spacial score (nSPS) is 11.1. The zero-order valence-electron chi connectivity index (χ0n) is 20.6. The number of nitrogens with zero attached hydrogens (tertiary/aromatic N) is 4. The van der Waals surface area contributed by atoms with E-state index in [1.165, 1.54) is 43.3 Å². The number of allylic oxidation sites excluding steroid dienone is 1. The second-order valence-electron chi connectivity index (χ2n) is 8.33. The highest BCUT2D eigenvalue weighted by atomic mass is 19.2.